The van der Waals surface area contributed by atoms with E-state index in [2.05, 4.69) is 42.9 Å². The summed E-state index contributed by atoms with van der Waals surface area (Å²) in [6.45, 7) is 9.82. The molecule has 0 bridgehead atoms. The molecule has 0 N–H and O–H groups in total. The highest BCUT2D eigenvalue weighted by Crippen LogP contribution is 2.82. The molecule has 5 saturated carbocycles. The molecular formula is C29H42N2O. The summed E-state index contributed by atoms with van der Waals surface area (Å²) in [5.74, 6) is 5.85. The third-order valence-electron chi connectivity index (χ3n) is 11.9. The van der Waals surface area contributed by atoms with Gasteiger partial charge in [0.05, 0.1) is 6.10 Å². The van der Waals surface area contributed by atoms with Gasteiger partial charge in [0, 0.05) is 24.9 Å². The fourth-order valence-corrected chi connectivity index (χ4v) is 10.3. The quantitative estimate of drug-likeness (QED) is 0.528. The van der Waals surface area contributed by atoms with Crippen LogP contribution in [0.5, 0.6) is 0 Å². The van der Waals surface area contributed by atoms with Crippen molar-refractivity contribution in [2.45, 2.75) is 85.2 Å². The van der Waals surface area contributed by atoms with Crippen molar-refractivity contribution in [1.82, 2.24) is 9.97 Å². The van der Waals surface area contributed by atoms with E-state index in [1.165, 1.54) is 51.4 Å². The van der Waals surface area contributed by atoms with E-state index in [9.17, 15) is 0 Å². The molecule has 174 valence electrons. The number of hydrogen-bond donors (Lipinski definition) is 0. The molecule has 0 aromatic carbocycles. The molecule has 1 heterocycles. The fourth-order valence-electron chi connectivity index (χ4n) is 10.3. The number of methoxy groups -OCH3 is 1. The Hall–Kier alpha value is -1.22. The van der Waals surface area contributed by atoms with Crippen LogP contribution in [0.4, 0.5) is 0 Å². The maximum absolute atomic E-state index is 6.29. The largest absolute Gasteiger partial charge is 0.381 e. The number of ether oxygens (including phenoxy) is 1. The van der Waals surface area contributed by atoms with Gasteiger partial charge in [-0.15, -0.1) is 0 Å². The van der Waals surface area contributed by atoms with Gasteiger partial charge in [-0.3, -0.25) is 0 Å². The van der Waals surface area contributed by atoms with Crippen molar-refractivity contribution >= 4 is 6.08 Å². The number of aryl methyl sites for hydroxylation is 1. The van der Waals surface area contributed by atoms with Crippen LogP contribution < -0.4 is 0 Å². The molecule has 1 aromatic rings. The summed E-state index contributed by atoms with van der Waals surface area (Å²) in [6.07, 6.45) is 20.3. The maximum atomic E-state index is 6.29. The van der Waals surface area contributed by atoms with E-state index in [1.54, 1.807) is 0 Å². The standard InChI is InChI=1S/C29H42N2O/c1-18-16-30-26(31-17-18)9-6-19(2)22-7-8-23-21-14-25(32-5)29-15-20(29)10-13-28(29,4)24(21)11-12-27(22,23)3/h6,9,16-17,19-25H,7-8,10-15H2,1-5H3/b9-6+/t19-,20-,21+,22-,23+,24+,25-,27-,28-,29?/m1/s1. The monoisotopic (exact) mass is 434 g/mol. The van der Waals surface area contributed by atoms with Gasteiger partial charge in [0.25, 0.3) is 0 Å². The third kappa shape index (κ3) is 2.70. The number of fused-ring (bicyclic) bond motifs is 4. The Bertz CT molecular complexity index is 910. The molecule has 1 aromatic heterocycles. The van der Waals surface area contributed by atoms with Crippen molar-refractivity contribution in [1.29, 1.82) is 0 Å². The number of nitrogens with zero attached hydrogens (tertiary/aromatic N) is 2. The SMILES string of the molecule is CO[C@@H]1C[C@H]2[C@@H]3CC[C@H]([C@H](C)/C=C/c4ncc(C)cn4)[C@@]3(C)CC[C@@H]2[C@@]2(C)CC[C@@H]3CC312. The van der Waals surface area contributed by atoms with Gasteiger partial charge in [0.15, 0.2) is 5.82 Å². The Labute approximate surface area is 194 Å². The Morgan fingerprint density at radius 3 is 2.56 bits per heavy atom. The lowest BCUT2D eigenvalue weighted by Gasteiger charge is -2.61. The van der Waals surface area contributed by atoms with Gasteiger partial charge in [0.1, 0.15) is 0 Å². The average molecular weight is 435 g/mol. The highest BCUT2D eigenvalue weighted by Gasteiger charge is 2.77. The topological polar surface area (TPSA) is 35.0 Å². The normalized spacial score (nSPS) is 49.9. The Morgan fingerprint density at radius 2 is 1.84 bits per heavy atom. The zero-order valence-corrected chi connectivity index (χ0v) is 20.8. The molecule has 3 heteroatoms. The van der Waals surface area contributed by atoms with Crippen LogP contribution >= 0.6 is 0 Å². The van der Waals surface area contributed by atoms with E-state index in [-0.39, 0.29) is 0 Å². The number of aromatic nitrogens is 2. The van der Waals surface area contributed by atoms with Crippen molar-refractivity contribution in [3.05, 3.63) is 29.9 Å². The van der Waals surface area contributed by atoms with Gasteiger partial charge in [0.2, 0.25) is 0 Å². The van der Waals surface area contributed by atoms with E-state index in [0.717, 1.165) is 41.0 Å². The molecule has 6 rings (SSSR count). The highest BCUT2D eigenvalue weighted by molar-refractivity contribution is 5.40. The fraction of sp³-hybridized carbons (Fsp3) is 0.793. The molecule has 1 unspecified atom stereocenters. The first-order chi connectivity index (χ1) is 15.3. The lowest BCUT2D eigenvalue weighted by molar-refractivity contribution is -0.160. The van der Waals surface area contributed by atoms with E-state index in [0.29, 0.717) is 28.3 Å². The second-order valence-electron chi connectivity index (χ2n) is 12.8. The first-order valence-corrected chi connectivity index (χ1v) is 13.3. The van der Waals surface area contributed by atoms with E-state index in [1.807, 2.05) is 26.4 Å². The van der Waals surface area contributed by atoms with Crippen molar-refractivity contribution in [2.75, 3.05) is 7.11 Å². The van der Waals surface area contributed by atoms with Crippen LogP contribution in [0.2, 0.25) is 0 Å². The average Bonchev–Trinajstić information content (AvgIpc) is 3.29. The predicted molar refractivity (Wildman–Crippen MR) is 129 cm³/mol. The minimum absolute atomic E-state index is 0.472. The van der Waals surface area contributed by atoms with E-state index >= 15 is 0 Å². The second kappa shape index (κ2) is 7.14. The second-order valence-corrected chi connectivity index (χ2v) is 12.8. The lowest BCUT2D eigenvalue weighted by atomic mass is 9.45. The van der Waals surface area contributed by atoms with Gasteiger partial charge in [-0.1, -0.05) is 26.8 Å². The molecule has 32 heavy (non-hydrogen) atoms. The molecule has 0 amide bonds. The predicted octanol–water partition coefficient (Wildman–Crippen LogP) is 6.72. The van der Waals surface area contributed by atoms with Gasteiger partial charge >= 0.3 is 0 Å². The smallest absolute Gasteiger partial charge is 0.151 e. The first kappa shape index (κ1) is 21.3. The maximum Gasteiger partial charge on any atom is 0.151 e. The van der Waals surface area contributed by atoms with Crippen LogP contribution in [0.15, 0.2) is 18.5 Å². The number of rotatable bonds is 4. The van der Waals surface area contributed by atoms with Gasteiger partial charge in [-0.05, 0) is 116 Å². The minimum Gasteiger partial charge on any atom is -0.381 e. The van der Waals surface area contributed by atoms with Crippen LogP contribution in [0.25, 0.3) is 6.08 Å². The molecule has 5 aliphatic rings. The summed E-state index contributed by atoms with van der Waals surface area (Å²) < 4.78 is 6.29. The third-order valence-corrected chi connectivity index (χ3v) is 11.9. The number of allylic oxidation sites excluding steroid dienone is 1. The minimum atomic E-state index is 0.472. The Balaban J connectivity index is 1.24. The van der Waals surface area contributed by atoms with Crippen LogP contribution in [0.3, 0.4) is 0 Å². The molecular weight excluding hydrogens is 392 g/mol. The van der Waals surface area contributed by atoms with E-state index in [4.69, 9.17) is 4.74 Å². The summed E-state index contributed by atoms with van der Waals surface area (Å²) in [7, 11) is 2.01. The summed E-state index contributed by atoms with van der Waals surface area (Å²) in [4.78, 5) is 8.97. The van der Waals surface area contributed by atoms with Crippen molar-refractivity contribution < 1.29 is 4.74 Å². The first-order valence-electron chi connectivity index (χ1n) is 13.3. The van der Waals surface area contributed by atoms with Crippen molar-refractivity contribution in [3.63, 3.8) is 0 Å². The molecule has 0 radical (unpaired) electrons. The summed E-state index contributed by atoms with van der Waals surface area (Å²) in [5.41, 5.74) is 2.67. The molecule has 0 aliphatic heterocycles. The summed E-state index contributed by atoms with van der Waals surface area (Å²) in [5, 5.41) is 0. The van der Waals surface area contributed by atoms with E-state index < -0.39 is 0 Å². The van der Waals surface area contributed by atoms with Crippen molar-refractivity contribution in [3.8, 4) is 0 Å². The molecule has 0 saturated heterocycles. The van der Waals surface area contributed by atoms with Gasteiger partial charge < -0.3 is 4.74 Å². The molecule has 10 atom stereocenters. The summed E-state index contributed by atoms with van der Waals surface area (Å²) >= 11 is 0. The van der Waals surface area contributed by atoms with Crippen LogP contribution in [-0.2, 0) is 4.74 Å². The lowest BCUT2D eigenvalue weighted by Crippen LogP contribution is -2.57. The van der Waals surface area contributed by atoms with Crippen LogP contribution in [0.1, 0.15) is 83.5 Å². The summed E-state index contributed by atoms with van der Waals surface area (Å²) in [6, 6.07) is 0. The zero-order valence-electron chi connectivity index (χ0n) is 20.8. The molecule has 5 fully saturated rings. The van der Waals surface area contributed by atoms with Crippen molar-refractivity contribution in [2.24, 2.45) is 51.8 Å². The highest BCUT2D eigenvalue weighted by atomic mass is 16.5. The molecule has 1 spiro atoms. The van der Waals surface area contributed by atoms with Crippen LogP contribution in [-0.4, -0.2) is 23.2 Å². The van der Waals surface area contributed by atoms with Gasteiger partial charge in [-0.25, -0.2) is 9.97 Å². The zero-order chi connectivity index (χ0) is 22.3. The molecule has 5 aliphatic carbocycles. The Kier molecular flexibility index (Phi) is 4.76. The Morgan fingerprint density at radius 1 is 1.06 bits per heavy atom. The molecule has 3 nitrogen and oxygen atoms in total. The number of hydrogen-bond acceptors (Lipinski definition) is 3. The van der Waals surface area contributed by atoms with Crippen LogP contribution in [0, 0.1) is 58.7 Å². The van der Waals surface area contributed by atoms with Gasteiger partial charge in [-0.2, -0.15) is 0 Å².